The lowest BCUT2D eigenvalue weighted by Crippen LogP contribution is -2.38. The summed E-state index contributed by atoms with van der Waals surface area (Å²) in [6.07, 6.45) is 0.452. The summed E-state index contributed by atoms with van der Waals surface area (Å²) < 4.78 is 13.0. The highest BCUT2D eigenvalue weighted by Gasteiger charge is 2.34. The van der Waals surface area contributed by atoms with Crippen molar-refractivity contribution in [3.05, 3.63) is 131 Å². The van der Waals surface area contributed by atoms with E-state index in [1.54, 1.807) is 0 Å². The highest BCUT2D eigenvalue weighted by Crippen LogP contribution is 2.39. The Morgan fingerprint density at radius 2 is 1.51 bits per heavy atom. The van der Waals surface area contributed by atoms with Gasteiger partial charge < -0.3 is 30.3 Å². The Hall–Kier alpha value is -4.05. The van der Waals surface area contributed by atoms with Crippen molar-refractivity contribution in [2.45, 2.75) is 57.1 Å². The number of carbonyl (C=O) groups excluding carboxylic acids is 1. The minimum Gasteiger partial charge on any atom is -0.392 e. The third-order valence-corrected chi connectivity index (χ3v) is 8.57. The summed E-state index contributed by atoms with van der Waals surface area (Å²) in [5.41, 5.74) is 7.00. The number of hydrogen-bond acceptors (Lipinski definition) is 6. The van der Waals surface area contributed by atoms with Crippen LogP contribution in [-0.2, 0) is 29.2 Å². The molecule has 4 aromatic carbocycles. The van der Waals surface area contributed by atoms with Crippen molar-refractivity contribution in [2.24, 2.45) is 0 Å². The zero-order valence-electron chi connectivity index (χ0n) is 25.3. The number of ether oxygens (including phenoxy) is 2. The lowest BCUT2D eigenvalue weighted by Gasteiger charge is -2.38. The van der Waals surface area contributed by atoms with Gasteiger partial charge in [-0.05, 0) is 39.8 Å². The number of benzene rings is 4. The monoisotopic (exact) mass is 607 g/mol. The molecule has 6 rings (SSSR count). The molecule has 4 aromatic rings. The fourth-order valence-corrected chi connectivity index (χ4v) is 6.09. The molecule has 2 amide bonds. The fourth-order valence-electron chi connectivity index (χ4n) is 6.09. The average Bonchev–Trinajstić information content (AvgIpc) is 3.50. The third kappa shape index (κ3) is 8.16. The van der Waals surface area contributed by atoms with E-state index in [4.69, 9.17) is 9.47 Å². The Morgan fingerprint density at radius 1 is 0.800 bits per heavy atom. The van der Waals surface area contributed by atoms with Crippen LogP contribution in [0.2, 0.25) is 0 Å². The lowest BCUT2D eigenvalue weighted by atomic mass is 9.97. The predicted molar refractivity (Wildman–Crippen MR) is 173 cm³/mol. The molecule has 4 N–H and O–H groups in total. The first-order valence-corrected chi connectivity index (χ1v) is 15.7. The maximum absolute atomic E-state index is 12.5. The Morgan fingerprint density at radius 3 is 2.24 bits per heavy atom. The van der Waals surface area contributed by atoms with Gasteiger partial charge in [0.1, 0.15) is 0 Å². The molecule has 0 aliphatic carbocycles. The molecule has 0 spiro atoms. The quantitative estimate of drug-likeness (QED) is 0.191. The Bertz CT molecular complexity index is 1530. The van der Waals surface area contributed by atoms with Crippen molar-refractivity contribution in [2.75, 3.05) is 19.6 Å². The Labute approximate surface area is 264 Å². The van der Waals surface area contributed by atoms with E-state index in [1.165, 1.54) is 0 Å². The van der Waals surface area contributed by atoms with Crippen LogP contribution in [0.3, 0.4) is 0 Å². The SMILES string of the molecule is O=C(NCc1ccccc1)NCc1ccccc1-c1ccc([C@@H]2O[C@H](CN3CC[C@H](O)C3)C[C@H](c3ccc(CO)cc3)O2)cc1. The largest absolute Gasteiger partial charge is 0.392 e. The first-order chi connectivity index (χ1) is 22.0. The van der Waals surface area contributed by atoms with Gasteiger partial charge in [-0.25, -0.2) is 4.79 Å². The standard InChI is InChI=1S/C37H41N3O5/c41-25-27-10-12-29(13-11-27)35-20-33(24-40-19-18-32(42)23-40)44-36(45-35)30-16-14-28(15-17-30)34-9-5-4-8-31(34)22-39-37(43)38-21-26-6-2-1-3-7-26/h1-17,32-33,35-36,41-42H,18-25H2,(H2,38,39,43)/t32-,33-,35+,36+/m0/s1. The summed E-state index contributed by atoms with van der Waals surface area (Å²) >= 11 is 0. The molecule has 2 heterocycles. The van der Waals surface area contributed by atoms with Crippen LogP contribution >= 0.6 is 0 Å². The van der Waals surface area contributed by atoms with Gasteiger partial charge in [-0.2, -0.15) is 0 Å². The normalized spacial score (nSPS) is 21.8. The summed E-state index contributed by atoms with van der Waals surface area (Å²) in [7, 11) is 0. The predicted octanol–water partition coefficient (Wildman–Crippen LogP) is 5.46. The smallest absolute Gasteiger partial charge is 0.315 e. The summed E-state index contributed by atoms with van der Waals surface area (Å²) in [6, 6.07) is 33.8. The maximum Gasteiger partial charge on any atom is 0.315 e. The lowest BCUT2D eigenvalue weighted by molar-refractivity contribution is -0.252. The van der Waals surface area contributed by atoms with Gasteiger partial charge in [0.25, 0.3) is 0 Å². The van der Waals surface area contributed by atoms with Gasteiger partial charge in [-0.15, -0.1) is 0 Å². The van der Waals surface area contributed by atoms with E-state index in [0.717, 1.165) is 58.5 Å². The van der Waals surface area contributed by atoms with Crippen LogP contribution in [0.25, 0.3) is 11.1 Å². The Balaban J connectivity index is 1.14. The van der Waals surface area contributed by atoms with Gasteiger partial charge in [-0.1, -0.05) is 103 Å². The molecule has 0 saturated carbocycles. The molecule has 2 aliphatic heterocycles. The molecule has 0 bridgehead atoms. The Kier molecular flexibility index (Phi) is 10.2. The number of urea groups is 1. The highest BCUT2D eigenvalue weighted by atomic mass is 16.7. The molecular formula is C37H41N3O5. The molecule has 4 atom stereocenters. The molecule has 8 heteroatoms. The minimum atomic E-state index is -0.543. The van der Waals surface area contributed by atoms with Gasteiger partial charge in [0, 0.05) is 44.7 Å². The molecule has 0 radical (unpaired) electrons. The summed E-state index contributed by atoms with van der Waals surface area (Å²) in [5.74, 6) is 0. The van der Waals surface area contributed by atoms with E-state index in [9.17, 15) is 15.0 Å². The summed E-state index contributed by atoms with van der Waals surface area (Å²) in [5, 5.41) is 25.4. The number of nitrogens with one attached hydrogen (secondary N) is 2. The number of nitrogens with zero attached hydrogens (tertiary/aromatic N) is 1. The highest BCUT2D eigenvalue weighted by molar-refractivity contribution is 5.75. The molecule has 234 valence electrons. The van der Waals surface area contributed by atoms with Crippen LogP contribution in [0.15, 0.2) is 103 Å². The summed E-state index contributed by atoms with van der Waals surface area (Å²) in [4.78, 5) is 14.8. The van der Waals surface area contributed by atoms with Crippen LogP contribution in [0.4, 0.5) is 4.79 Å². The van der Waals surface area contributed by atoms with Crippen LogP contribution < -0.4 is 10.6 Å². The first-order valence-electron chi connectivity index (χ1n) is 15.7. The number of carbonyl (C=O) groups is 1. The average molecular weight is 608 g/mol. The second kappa shape index (κ2) is 14.8. The van der Waals surface area contributed by atoms with Crippen molar-refractivity contribution in [3.8, 4) is 11.1 Å². The molecule has 0 unspecified atom stereocenters. The van der Waals surface area contributed by atoms with Crippen molar-refractivity contribution in [1.82, 2.24) is 15.5 Å². The fraction of sp³-hybridized carbons (Fsp3) is 0.324. The second-order valence-corrected chi connectivity index (χ2v) is 11.9. The van der Waals surface area contributed by atoms with Crippen molar-refractivity contribution in [1.29, 1.82) is 0 Å². The molecular weight excluding hydrogens is 566 g/mol. The number of rotatable bonds is 10. The molecule has 2 fully saturated rings. The number of β-amino-alcohol motifs (C(OH)–C–C–N with tert-alkyl or cyclic N) is 1. The van der Waals surface area contributed by atoms with Gasteiger partial charge >= 0.3 is 6.03 Å². The van der Waals surface area contributed by atoms with E-state index < -0.39 is 6.29 Å². The molecule has 45 heavy (non-hydrogen) atoms. The molecule has 0 aromatic heterocycles. The number of aliphatic hydroxyl groups excluding tert-OH is 2. The van der Waals surface area contributed by atoms with Crippen molar-refractivity contribution >= 4 is 6.03 Å². The van der Waals surface area contributed by atoms with E-state index in [2.05, 4.69) is 33.7 Å². The third-order valence-electron chi connectivity index (χ3n) is 8.57. The second-order valence-electron chi connectivity index (χ2n) is 11.9. The van der Waals surface area contributed by atoms with E-state index in [-0.39, 0.29) is 30.9 Å². The van der Waals surface area contributed by atoms with Crippen LogP contribution in [0, 0.1) is 0 Å². The topological polar surface area (TPSA) is 103 Å². The minimum absolute atomic E-state index is 0.00441. The number of aliphatic hydroxyl groups is 2. The van der Waals surface area contributed by atoms with Crippen molar-refractivity contribution in [3.63, 3.8) is 0 Å². The molecule has 2 aliphatic rings. The van der Waals surface area contributed by atoms with Gasteiger partial charge in [0.05, 0.1) is 24.9 Å². The maximum atomic E-state index is 12.5. The molecule has 8 nitrogen and oxygen atoms in total. The van der Waals surface area contributed by atoms with Crippen molar-refractivity contribution < 1.29 is 24.5 Å². The molecule has 2 saturated heterocycles. The zero-order chi connectivity index (χ0) is 31.0. The first kappa shape index (κ1) is 31.0. The van der Waals surface area contributed by atoms with Crippen LogP contribution in [0.1, 0.15) is 53.1 Å². The van der Waals surface area contributed by atoms with Crippen LogP contribution in [-0.4, -0.2) is 53.0 Å². The van der Waals surface area contributed by atoms with Gasteiger partial charge in [0.2, 0.25) is 0 Å². The summed E-state index contributed by atoms with van der Waals surface area (Å²) in [6.45, 7) is 3.14. The van der Waals surface area contributed by atoms with E-state index in [1.807, 2.05) is 84.9 Å². The van der Waals surface area contributed by atoms with Crippen LogP contribution in [0.5, 0.6) is 0 Å². The number of likely N-dealkylation sites (tertiary alicyclic amines) is 1. The van der Waals surface area contributed by atoms with Gasteiger partial charge in [0.15, 0.2) is 6.29 Å². The zero-order valence-corrected chi connectivity index (χ0v) is 25.3. The van der Waals surface area contributed by atoms with E-state index >= 15 is 0 Å². The van der Waals surface area contributed by atoms with Gasteiger partial charge in [-0.3, -0.25) is 4.90 Å². The van der Waals surface area contributed by atoms with E-state index in [0.29, 0.717) is 26.1 Å². The number of amides is 2. The number of hydrogen-bond donors (Lipinski definition) is 4.